The Balaban J connectivity index is 2.07. The fourth-order valence-corrected chi connectivity index (χ4v) is 3.67. The molecule has 0 aliphatic rings. The number of hydrogen-bond acceptors (Lipinski definition) is 6. The van der Waals surface area contributed by atoms with Gasteiger partial charge in [-0.05, 0) is 34.0 Å². The zero-order valence-electron chi connectivity index (χ0n) is 16.3. The van der Waals surface area contributed by atoms with Crippen molar-refractivity contribution in [3.05, 3.63) is 52.8 Å². The summed E-state index contributed by atoms with van der Waals surface area (Å²) in [5.41, 5.74) is 2.15. The Hall–Kier alpha value is -2.84. The Labute approximate surface area is 167 Å². The van der Waals surface area contributed by atoms with Crippen molar-refractivity contribution < 1.29 is 4.79 Å². The first-order valence-electron chi connectivity index (χ1n) is 8.96. The number of amides is 1. The molecule has 0 atom stereocenters. The number of nitrogens with zero attached hydrogens (tertiary/aromatic N) is 4. The van der Waals surface area contributed by atoms with E-state index < -0.39 is 0 Å². The summed E-state index contributed by atoms with van der Waals surface area (Å²) in [6, 6.07) is 12.9. The zero-order chi connectivity index (χ0) is 20.3. The molecule has 0 aliphatic heterocycles. The molecular formula is C20H23N5O2S. The Morgan fingerprint density at radius 1 is 1.18 bits per heavy atom. The molecule has 0 radical (unpaired) electrons. The molecule has 1 N–H and O–H groups in total. The standard InChI is InChI=1S/C20H23N5O2S/c1-13(2)25-17(27)11-10-15(23-25)19-18(14-8-6-5-7-9-14)22-20(28-19)21-16(26)12-24(3)4/h5-11,13H,12H2,1-4H3,(H,21,22,26). The molecule has 28 heavy (non-hydrogen) atoms. The second-order valence-electron chi connectivity index (χ2n) is 6.94. The van der Waals surface area contributed by atoms with Gasteiger partial charge in [-0.25, -0.2) is 9.67 Å². The number of hydrogen-bond donors (Lipinski definition) is 1. The van der Waals surface area contributed by atoms with Gasteiger partial charge in [-0.3, -0.25) is 9.59 Å². The molecule has 8 heteroatoms. The fraction of sp³-hybridized carbons (Fsp3) is 0.300. The maximum Gasteiger partial charge on any atom is 0.267 e. The lowest BCUT2D eigenvalue weighted by atomic mass is 10.1. The minimum Gasteiger partial charge on any atom is -0.301 e. The van der Waals surface area contributed by atoms with Gasteiger partial charge in [0.05, 0.1) is 23.2 Å². The van der Waals surface area contributed by atoms with Crippen LogP contribution in [0.2, 0.25) is 0 Å². The molecule has 0 bridgehead atoms. The van der Waals surface area contributed by atoms with E-state index in [1.807, 2.05) is 58.3 Å². The third kappa shape index (κ3) is 4.52. The van der Waals surface area contributed by atoms with Crippen molar-refractivity contribution in [2.45, 2.75) is 19.9 Å². The molecule has 7 nitrogen and oxygen atoms in total. The minimum absolute atomic E-state index is 0.0557. The van der Waals surface area contributed by atoms with Crippen molar-refractivity contribution in [2.24, 2.45) is 0 Å². The van der Waals surface area contributed by atoms with Gasteiger partial charge in [-0.2, -0.15) is 5.10 Å². The Morgan fingerprint density at radius 2 is 1.89 bits per heavy atom. The largest absolute Gasteiger partial charge is 0.301 e. The van der Waals surface area contributed by atoms with Crippen molar-refractivity contribution in [3.8, 4) is 21.8 Å². The predicted molar refractivity (Wildman–Crippen MR) is 113 cm³/mol. The summed E-state index contributed by atoms with van der Waals surface area (Å²) in [6.45, 7) is 4.10. The molecule has 0 fully saturated rings. The first-order valence-corrected chi connectivity index (χ1v) is 9.78. The molecule has 1 amide bonds. The molecule has 146 valence electrons. The molecule has 0 spiro atoms. The number of thiazole rings is 1. The third-order valence-electron chi connectivity index (χ3n) is 3.93. The van der Waals surface area contributed by atoms with Crippen LogP contribution >= 0.6 is 11.3 Å². The molecule has 2 heterocycles. The van der Waals surface area contributed by atoms with E-state index in [1.54, 1.807) is 11.0 Å². The monoisotopic (exact) mass is 397 g/mol. The number of nitrogens with one attached hydrogen (secondary N) is 1. The number of rotatable bonds is 6. The zero-order valence-corrected chi connectivity index (χ0v) is 17.2. The quantitative estimate of drug-likeness (QED) is 0.691. The van der Waals surface area contributed by atoms with Crippen molar-refractivity contribution >= 4 is 22.4 Å². The van der Waals surface area contributed by atoms with Gasteiger partial charge in [0, 0.05) is 11.6 Å². The molecule has 0 unspecified atom stereocenters. The first kappa shape index (κ1) is 19.9. The Kier molecular flexibility index (Phi) is 6.01. The summed E-state index contributed by atoms with van der Waals surface area (Å²) in [7, 11) is 3.67. The number of carbonyl (C=O) groups excluding carboxylic acids is 1. The molecule has 2 aromatic heterocycles. The van der Waals surface area contributed by atoms with Crippen molar-refractivity contribution in [1.82, 2.24) is 19.7 Å². The van der Waals surface area contributed by atoms with Gasteiger partial charge in [0.1, 0.15) is 5.69 Å². The van der Waals surface area contributed by atoms with Crippen LogP contribution in [0.3, 0.4) is 0 Å². The summed E-state index contributed by atoms with van der Waals surface area (Å²) in [6.07, 6.45) is 0. The highest BCUT2D eigenvalue weighted by atomic mass is 32.1. The van der Waals surface area contributed by atoms with Crippen LogP contribution in [0.15, 0.2) is 47.3 Å². The lowest BCUT2D eigenvalue weighted by molar-refractivity contribution is -0.116. The molecule has 0 saturated heterocycles. The Bertz CT molecular complexity index is 1020. The number of carbonyl (C=O) groups is 1. The van der Waals surface area contributed by atoms with E-state index in [0.717, 1.165) is 16.1 Å². The SMILES string of the molecule is CC(C)n1nc(-c2sc(NC(=O)CN(C)C)nc2-c2ccccc2)ccc1=O. The third-order valence-corrected chi connectivity index (χ3v) is 4.92. The number of likely N-dealkylation sites (N-methyl/N-ethyl adjacent to an activating group) is 1. The molecule has 3 rings (SSSR count). The van der Waals surface area contributed by atoms with Crippen LogP contribution in [0.1, 0.15) is 19.9 Å². The average Bonchev–Trinajstić information content (AvgIpc) is 3.05. The summed E-state index contributed by atoms with van der Waals surface area (Å²) >= 11 is 1.35. The maximum absolute atomic E-state index is 12.2. The van der Waals surface area contributed by atoms with Crippen molar-refractivity contribution in [3.63, 3.8) is 0 Å². The summed E-state index contributed by atoms with van der Waals surface area (Å²) in [5.74, 6) is -0.134. The van der Waals surface area contributed by atoms with Crippen LogP contribution in [-0.4, -0.2) is 46.2 Å². The average molecular weight is 398 g/mol. The van der Waals surface area contributed by atoms with E-state index in [-0.39, 0.29) is 24.1 Å². The summed E-state index contributed by atoms with van der Waals surface area (Å²) in [4.78, 5) is 31.5. The van der Waals surface area contributed by atoms with Gasteiger partial charge < -0.3 is 10.2 Å². The normalized spacial score (nSPS) is 11.2. The van der Waals surface area contributed by atoms with Crippen LogP contribution in [0.4, 0.5) is 5.13 Å². The van der Waals surface area contributed by atoms with E-state index in [1.165, 1.54) is 22.1 Å². The van der Waals surface area contributed by atoms with Gasteiger partial charge in [-0.1, -0.05) is 41.7 Å². The highest BCUT2D eigenvalue weighted by Gasteiger charge is 2.18. The number of aromatic nitrogens is 3. The van der Waals surface area contributed by atoms with Crippen LogP contribution in [-0.2, 0) is 4.79 Å². The van der Waals surface area contributed by atoms with Gasteiger partial charge in [0.2, 0.25) is 5.91 Å². The van der Waals surface area contributed by atoms with Gasteiger partial charge >= 0.3 is 0 Å². The molecule has 0 aliphatic carbocycles. The van der Waals surface area contributed by atoms with Crippen LogP contribution in [0.25, 0.3) is 21.8 Å². The second-order valence-corrected chi connectivity index (χ2v) is 7.94. The lowest BCUT2D eigenvalue weighted by Gasteiger charge is -2.09. The lowest BCUT2D eigenvalue weighted by Crippen LogP contribution is -2.26. The maximum atomic E-state index is 12.2. The number of anilines is 1. The van der Waals surface area contributed by atoms with Crippen LogP contribution in [0, 0.1) is 0 Å². The van der Waals surface area contributed by atoms with Crippen LogP contribution < -0.4 is 10.9 Å². The second kappa shape index (κ2) is 8.45. The fourth-order valence-electron chi connectivity index (χ4n) is 2.70. The Morgan fingerprint density at radius 3 is 2.54 bits per heavy atom. The first-order chi connectivity index (χ1) is 13.3. The molecule has 3 aromatic rings. The summed E-state index contributed by atoms with van der Waals surface area (Å²) < 4.78 is 1.45. The van der Waals surface area contributed by atoms with Gasteiger partial charge in [-0.15, -0.1) is 0 Å². The number of benzene rings is 1. The van der Waals surface area contributed by atoms with E-state index in [0.29, 0.717) is 10.8 Å². The van der Waals surface area contributed by atoms with E-state index in [9.17, 15) is 9.59 Å². The van der Waals surface area contributed by atoms with Crippen molar-refractivity contribution in [1.29, 1.82) is 0 Å². The predicted octanol–water partition coefficient (Wildman–Crippen LogP) is 3.11. The van der Waals surface area contributed by atoms with Gasteiger partial charge in [0.15, 0.2) is 5.13 Å². The van der Waals surface area contributed by atoms with Crippen molar-refractivity contribution in [2.75, 3.05) is 26.0 Å². The molecular weight excluding hydrogens is 374 g/mol. The van der Waals surface area contributed by atoms with Crippen LogP contribution in [0.5, 0.6) is 0 Å². The van der Waals surface area contributed by atoms with E-state index >= 15 is 0 Å². The molecule has 0 saturated carbocycles. The highest BCUT2D eigenvalue weighted by molar-refractivity contribution is 7.19. The van der Waals surface area contributed by atoms with Gasteiger partial charge in [0.25, 0.3) is 5.56 Å². The van der Waals surface area contributed by atoms with E-state index in [4.69, 9.17) is 0 Å². The summed E-state index contributed by atoms with van der Waals surface area (Å²) in [5, 5.41) is 7.88. The van der Waals surface area contributed by atoms with E-state index in [2.05, 4.69) is 15.4 Å². The smallest absolute Gasteiger partial charge is 0.267 e. The molecule has 1 aromatic carbocycles. The minimum atomic E-state index is -0.149. The topological polar surface area (TPSA) is 80.1 Å². The highest BCUT2D eigenvalue weighted by Crippen LogP contribution is 2.37.